The molecule has 1 fully saturated rings. The van der Waals surface area contributed by atoms with Crippen LogP contribution >= 0.6 is 0 Å². The number of hydrogen-bond acceptors (Lipinski definition) is 4. The predicted octanol–water partition coefficient (Wildman–Crippen LogP) is 0.760. The molecule has 1 rings (SSSR count). The molecule has 0 spiro atoms. The van der Waals surface area contributed by atoms with E-state index in [4.69, 9.17) is 16.2 Å². The van der Waals surface area contributed by atoms with Crippen molar-refractivity contribution in [2.75, 3.05) is 20.2 Å². The summed E-state index contributed by atoms with van der Waals surface area (Å²) in [5.74, 6) is 0.786. The van der Waals surface area contributed by atoms with E-state index < -0.39 is 0 Å². The molecule has 0 aromatic carbocycles. The molecule has 86 valence electrons. The number of methoxy groups -OCH3 is 1. The molecule has 1 saturated heterocycles. The molecule has 4 N–H and O–H groups in total. The Morgan fingerprint density at radius 1 is 1.27 bits per heavy atom. The smallest absolute Gasteiger partial charge is 0.0987 e. The first kappa shape index (κ1) is 11.9. The molecule has 4 heteroatoms. The monoisotopic (exact) mass is 211 g/mol. The van der Waals surface area contributed by atoms with Crippen LogP contribution in [-0.4, -0.2) is 31.2 Å². The van der Waals surface area contributed by atoms with E-state index in [0.717, 1.165) is 37.4 Å². The van der Waals surface area contributed by atoms with Crippen molar-refractivity contribution in [2.45, 2.75) is 25.9 Å². The number of likely N-dealkylation sites (tertiary alicyclic amines) is 1. The third-order valence-electron chi connectivity index (χ3n) is 2.66. The van der Waals surface area contributed by atoms with Gasteiger partial charge in [0.05, 0.1) is 11.9 Å². The first-order valence-corrected chi connectivity index (χ1v) is 5.30. The first-order valence-electron chi connectivity index (χ1n) is 5.30. The molecular weight excluding hydrogens is 190 g/mol. The summed E-state index contributed by atoms with van der Waals surface area (Å²) < 4.78 is 5.30. The van der Waals surface area contributed by atoms with Crippen LogP contribution in [0.25, 0.3) is 0 Å². The van der Waals surface area contributed by atoms with Gasteiger partial charge < -0.3 is 21.1 Å². The zero-order chi connectivity index (χ0) is 11.3. The highest BCUT2D eigenvalue weighted by Crippen LogP contribution is 2.14. The molecular formula is C11H21N3O. The lowest BCUT2D eigenvalue weighted by atomic mass is 10.1. The Morgan fingerprint density at radius 3 is 2.33 bits per heavy atom. The number of rotatable bonds is 3. The Kier molecular flexibility index (Phi) is 4.49. The van der Waals surface area contributed by atoms with Crippen LogP contribution in [0.5, 0.6) is 0 Å². The molecule has 0 aromatic heterocycles. The van der Waals surface area contributed by atoms with E-state index in [0.29, 0.717) is 6.10 Å². The molecule has 0 radical (unpaired) electrons. The van der Waals surface area contributed by atoms with Crippen LogP contribution in [0.2, 0.25) is 0 Å². The van der Waals surface area contributed by atoms with E-state index in [1.165, 1.54) is 0 Å². The van der Waals surface area contributed by atoms with Crippen LogP contribution in [0.4, 0.5) is 0 Å². The summed E-state index contributed by atoms with van der Waals surface area (Å²) >= 11 is 0. The maximum absolute atomic E-state index is 5.93. The highest BCUT2D eigenvalue weighted by atomic mass is 16.5. The minimum atomic E-state index is 0.390. The lowest BCUT2D eigenvalue weighted by molar-refractivity contribution is 0.0499. The molecule has 0 amide bonds. The minimum absolute atomic E-state index is 0.390. The number of nitrogens with two attached hydrogens (primary N) is 2. The van der Waals surface area contributed by atoms with Crippen molar-refractivity contribution >= 4 is 0 Å². The van der Waals surface area contributed by atoms with Crippen LogP contribution in [0, 0.1) is 0 Å². The maximum Gasteiger partial charge on any atom is 0.0987 e. The Morgan fingerprint density at radius 2 is 1.87 bits per heavy atom. The van der Waals surface area contributed by atoms with E-state index in [1.807, 2.05) is 19.1 Å². The van der Waals surface area contributed by atoms with Gasteiger partial charge in [0, 0.05) is 25.9 Å². The zero-order valence-electron chi connectivity index (χ0n) is 9.57. The van der Waals surface area contributed by atoms with Crippen molar-refractivity contribution in [1.29, 1.82) is 0 Å². The summed E-state index contributed by atoms with van der Waals surface area (Å²) in [4.78, 5) is 2.16. The molecule has 0 atom stereocenters. The molecule has 1 heterocycles. The standard InChI is InChI=1S/C11H21N3O/c1-9(12)3-4-11(13)14-7-5-10(15-2)6-8-14/h3-4,10H,5-8,12-13H2,1-2H3/b9-3-,11-4+. The zero-order valence-corrected chi connectivity index (χ0v) is 9.57. The third-order valence-corrected chi connectivity index (χ3v) is 2.66. The third kappa shape index (κ3) is 3.83. The van der Waals surface area contributed by atoms with Crippen LogP contribution in [-0.2, 0) is 4.74 Å². The SMILES string of the molecule is COC1CCN(/C(N)=C/C=C(/C)N)CC1. The Balaban J connectivity index is 2.46. The summed E-state index contributed by atoms with van der Waals surface area (Å²) in [6.07, 6.45) is 6.16. The van der Waals surface area contributed by atoms with Crippen molar-refractivity contribution < 1.29 is 4.74 Å². The molecule has 4 nitrogen and oxygen atoms in total. The van der Waals surface area contributed by atoms with Gasteiger partial charge in [-0.15, -0.1) is 0 Å². The van der Waals surface area contributed by atoms with Crippen molar-refractivity contribution in [3.05, 3.63) is 23.7 Å². The highest BCUT2D eigenvalue weighted by molar-refractivity contribution is 5.12. The average molecular weight is 211 g/mol. The quantitative estimate of drug-likeness (QED) is 0.676. The Labute approximate surface area is 91.6 Å². The summed E-state index contributed by atoms with van der Waals surface area (Å²) in [5, 5.41) is 0. The molecule has 0 aliphatic carbocycles. The predicted molar refractivity (Wildman–Crippen MR) is 61.8 cm³/mol. The average Bonchev–Trinajstić information content (AvgIpc) is 2.26. The second kappa shape index (κ2) is 5.66. The van der Waals surface area contributed by atoms with Gasteiger partial charge in [0.1, 0.15) is 0 Å². The molecule has 0 bridgehead atoms. The van der Waals surface area contributed by atoms with E-state index in [1.54, 1.807) is 7.11 Å². The van der Waals surface area contributed by atoms with Crippen LogP contribution < -0.4 is 11.5 Å². The second-order valence-corrected chi connectivity index (χ2v) is 3.92. The van der Waals surface area contributed by atoms with E-state index in [2.05, 4.69) is 4.90 Å². The van der Waals surface area contributed by atoms with Gasteiger partial charge in [0.25, 0.3) is 0 Å². The van der Waals surface area contributed by atoms with Gasteiger partial charge in [-0.25, -0.2) is 0 Å². The summed E-state index contributed by atoms with van der Waals surface area (Å²) in [7, 11) is 1.76. The number of ether oxygens (including phenoxy) is 1. The molecule has 15 heavy (non-hydrogen) atoms. The van der Waals surface area contributed by atoms with Crippen LogP contribution in [0.1, 0.15) is 19.8 Å². The normalized spacial score (nSPS) is 20.8. The fourth-order valence-corrected chi connectivity index (χ4v) is 1.67. The summed E-state index contributed by atoms with van der Waals surface area (Å²) in [5.41, 5.74) is 12.2. The maximum atomic E-state index is 5.93. The summed E-state index contributed by atoms with van der Waals surface area (Å²) in [6.45, 7) is 3.76. The second-order valence-electron chi connectivity index (χ2n) is 3.92. The van der Waals surface area contributed by atoms with Gasteiger partial charge in [0.2, 0.25) is 0 Å². The number of piperidine rings is 1. The van der Waals surface area contributed by atoms with Crippen LogP contribution in [0.15, 0.2) is 23.7 Å². The molecule has 0 saturated carbocycles. The van der Waals surface area contributed by atoms with Gasteiger partial charge in [-0.05, 0) is 31.9 Å². The van der Waals surface area contributed by atoms with Gasteiger partial charge in [-0.1, -0.05) is 0 Å². The first-order chi connectivity index (χ1) is 7.13. The largest absolute Gasteiger partial charge is 0.402 e. The summed E-state index contributed by atoms with van der Waals surface area (Å²) in [6, 6.07) is 0. The van der Waals surface area contributed by atoms with Crippen molar-refractivity contribution in [3.63, 3.8) is 0 Å². The number of allylic oxidation sites excluding steroid dienone is 3. The Bertz CT molecular complexity index is 249. The van der Waals surface area contributed by atoms with E-state index in [9.17, 15) is 0 Å². The molecule has 1 aliphatic heterocycles. The molecule has 0 unspecified atom stereocenters. The lowest BCUT2D eigenvalue weighted by Crippen LogP contribution is -2.38. The minimum Gasteiger partial charge on any atom is -0.402 e. The van der Waals surface area contributed by atoms with E-state index >= 15 is 0 Å². The highest BCUT2D eigenvalue weighted by Gasteiger charge is 2.18. The van der Waals surface area contributed by atoms with Crippen molar-refractivity contribution in [3.8, 4) is 0 Å². The number of nitrogens with zero attached hydrogens (tertiary/aromatic N) is 1. The van der Waals surface area contributed by atoms with Gasteiger partial charge in [-0.3, -0.25) is 0 Å². The topological polar surface area (TPSA) is 64.5 Å². The fraction of sp³-hybridized carbons (Fsp3) is 0.636. The molecule has 0 aromatic rings. The van der Waals surface area contributed by atoms with Crippen molar-refractivity contribution in [2.24, 2.45) is 11.5 Å². The van der Waals surface area contributed by atoms with Crippen LogP contribution in [0.3, 0.4) is 0 Å². The van der Waals surface area contributed by atoms with Gasteiger partial charge in [-0.2, -0.15) is 0 Å². The van der Waals surface area contributed by atoms with Gasteiger partial charge >= 0.3 is 0 Å². The lowest BCUT2D eigenvalue weighted by Gasteiger charge is -2.32. The molecule has 1 aliphatic rings. The van der Waals surface area contributed by atoms with Crippen molar-refractivity contribution in [1.82, 2.24) is 4.90 Å². The van der Waals surface area contributed by atoms with E-state index in [-0.39, 0.29) is 0 Å². The fourth-order valence-electron chi connectivity index (χ4n) is 1.67. The number of hydrogen-bond donors (Lipinski definition) is 2. The Hall–Kier alpha value is -1.16. The van der Waals surface area contributed by atoms with Gasteiger partial charge in [0.15, 0.2) is 0 Å².